The second kappa shape index (κ2) is 5.12. The van der Waals surface area contributed by atoms with E-state index in [4.69, 9.17) is 11.6 Å². The van der Waals surface area contributed by atoms with Crippen LogP contribution in [0.1, 0.15) is 6.92 Å². The lowest BCUT2D eigenvalue weighted by atomic mass is 10.3. The summed E-state index contributed by atoms with van der Waals surface area (Å²) in [6, 6.07) is 4.90. The van der Waals surface area contributed by atoms with Gasteiger partial charge in [0.05, 0.1) is 0 Å². The first-order valence-corrected chi connectivity index (χ1v) is 6.67. The van der Waals surface area contributed by atoms with Crippen molar-refractivity contribution < 1.29 is 12.8 Å². The Labute approximate surface area is 99.9 Å². The predicted octanol–water partition coefficient (Wildman–Crippen LogP) is 2.07. The van der Waals surface area contributed by atoms with Crippen molar-refractivity contribution in [1.82, 2.24) is 4.31 Å². The lowest BCUT2D eigenvalue weighted by molar-refractivity contribution is 0.410. The molecule has 1 unspecified atom stereocenters. The molecule has 0 saturated carbocycles. The highest BCUT2D eigenvalue weighted by Gasteiger charge is 2.27. The van der Waals surface area contributed by atoms with Crippen LogP contribution >= 0.6 is 11.6 Å². The molecule has 0 bridgehead atoms. The summed E-state index contributed by atoms with van der Waals surface area (Å²) in [6.45, 7) is 1.66. The fourth-order valence-corrected chi connectivity index (χ4v) is 2.86. The first-order valence-electron chi connectivity index (χ1n) is 4.69. The van der Waals surface area contributed by atoms with E-state index in [2.05, 4.69) is 0 Å². The molecule has 0 aromatic heterocycles. The normalized spacial score (nSPS) is 14.1. The molecule has 6 heteroatoms. The van der Waals surface area contributed by atoms with Crippen LogP contribution < -0.4 is 0 Å². The molecule has 1 rings (SSSR count). The van der Waals surface area contributed by atoms with Crippen LogP contribution in [0.2, 0.25) is 0 Å². The van der Waals surface area contributed by atoms with Gasteiger partial charge in [-0.1, -0.05) is 12.1 Å². The lowest BCUT2D eigenvalue weighted by Gasteiger charge is -2.22. The Morgan fingerprint density at radius 2 is 2.00 bits per heavy atom. The highest BCUT2D eigenvalue weighted by molar-refractivity contribution is 7.89. The van der Waals surface area contributed by atoms with Gasteiger partial charge in [-0.2, -0.15) is 4.31 Å². The van der Waals surface area contributed by atoms with Crippen LogP contribution in [0, 0.1) is 5.82 Å². The minimum Gasteiger partial charge on any atom is -0.207 e. The molecular weight excluding hydrogens is 253 g/mol. The molecule has 0 fully saturated rings. The van der Waals surface area contributed by atoms with Gasteiger partial charge in [-0.3, -0.25) is 0 Å². The van der Waals surface area contributed by atoms with Gasteiger partial charge in [0.2, 0.25) is 10.0 Å². The molecule has 0 aliphatic rings. The van der Waals surface area contributed by atoms with Gasteiger partial charge in [-0.25, -0.2) is 12.8 Å². The van der Waals surface area contributed by atoms with E-state index in [-0.39, 0.29) is 16.8 Å². The molecule has 90 valence electrons. The first kappa shape index (κ1) is 13.4. The zero-order valence-corrected chi connectivity index (χ0v) is 10.6. The maximum atomic E-state index is 13.4. The smallest absolute Gasteiger partial charge is 0.207 e. The molecule has 0 aliphatic carbocycles. The summed E-state index contributed by atoms with van der Waals surface area (Å²) in [7, 11) is -2.42. The Balaban J connectivity index is 3.17. The molecule has 0 saturated heterocycles. The Kier molecular flexibility index (Phi) is 4.29. The molecule has 0 aliphatic heterocycles. The Bertz CT molecular complexity index is 464. The molecule has 3 nitrogen and oxygen atoms in total. The van der Waals surface area contributed by atoms with E-state index < -0.39 is 15.8 Å². The largest absolute Gasteiger partial charge is 0.246 e. The van der Waals surface area contributed by atoms with Gasteiger partial charge in [0.1, 0.15) is 10.7 Å². The highest BCUT2D eigenvalue weighted by atomic mass is 35.5. The highest BCUT2D eigenvalue weighted by Crippen LogP contribution is 2.19. The summed E-state index contributed by atoms with van der Waals surface area (Å²) < 4.78 is 38.4. The summed E-state index contributed by atoms with van der Waals surface area (Å²) in [6.07, 6.45) is 0. The fraction of sp³-hybridized carbons (Fsp3) is 0.400. The van der Waals surface area contributed by atoms with Gasteiger partial charge in [-0.05, 0) is 19.1 Å². The van der Waals surface area contributed by atoms with E-state index in [1.54, 1.807) is 6.92 Å². The number of nitrogens with zero attached hydrogens (tertiary/aromatic N) is 1. The summed E-state index contributed by atoms with van der Waals surface area (Å²) in [5, 5.41) is 0. The lowest BCUT2D eigenvalue weighted by Crippen LogP contribution is -2.36. The van der Waals surface area contributed by atoms with Gasteiger partial charge >= 0.3 is 0 Å². The molecular formula is C10H13ClFNO2S. The molecule has 1 aromatic rings. The standard InChI is InChI=1S/C10H13ClFNO2S/c1-8(7-11)13(2)16(14,15)10-6-4-3-5-9(10)12/h3-6,8H,7H2,1-2H3. The second-order valence-electron chi connectivity index (χ2n) is 3.45. The zero-order valence-electron chi connectivity index (χ0n) is 9.02. The van der Waals surface area contributed by atoms with Crippen molar-refractivity contribution in [2.24, 2.45) is 0 Å². The average Bonchev–Trinajstić information content (AvgIpc) is 2.27. The average molecular weight is 266 g/mol. The summed E-state index contributed by atoms with van der Waals surface area (Å²) in [4.78, 5) is -0.325. The summed E-state index contributed by atoms with van der Waals surface area (Å²) in [5.41, 5.74) is 0. The van der Waals surface area contributed by atoms with Crippen molar-refractivity contribution in [3.8, 4) is 0 Å². The van der Waals surface area contributed by atoms with Crippen molar-refractivity contribution >= 4 is 21.6 Å². The minimum atomic E-state index is -3.81. The van der Waals surface area contributed by atoms with Gasteiger partial charge in [0.25, 0.3) is 0 Å². The van der Waals surface area contributed by atoms with Crippen LogP contribution in [0.15, 0.2) is 29.2 Å². The van der Waals surface area contributed by atoms with Crippen LogP contribution in [-0.2, 0) is 10.0 Å². The number of rotatable bonds is 4. The van der Waals surface area contributed by atoms with E-state index >= 15 is 0 Å². The van der Waals surface area contributed by atoms with E-state index in [9.17, 15) is 12.8 Å². The third-order valence-electron chi connectivity index (χ3n) is 2.34. The number of benzene rings is 1. The third kappa shape index (κ3) is 2.53. The van der Waals surface area contributed by atoms with Crippen molar-refractivity contribution in [1.29, 1.82) is 0 Å². The van der Waals surface area contributed by atoms with Crippen LogP contribution in [0.5, 0.6) is 0 Å². The van der Waals surface area contributed by atoms with Gasteiger partial charge in [0, 0.05) is 19.0 Å². The van der Waals surface area contributed by atoms with Crippen molar-refractivity contribution in [2.45, 2.75) is 17.9 Å². The topological polar surface area (TPSA) is 37.4 Å². The molecule has 16 heavy (non-hydrogen) atoms. The van der Waals surface area contributed by atoms with Gasteiger partial charge in [-0.15, -0.1) is 11.6 Å². The third-order valence-corrected chi connectivity index (χ3v) is 4.79. The van der Waals surface area contributed by atoms with E-state index in [0.717, 1.165) is 10.4 Å². The maximum absolute atomic E-state index is 13.4. The quantitative estimate of drug-likeness (QED) is 0.782. The Hall–Kier alpha value is -0.650. The fourth-order valence-electron chi connectivity index (χ4n) is 1.14. The molecule has 0 amide bonds. The van der Waals surface area contributed by atoms with Gasteiger partial charge < -0.3 is 0 Å². The molecule has 0 radical (unpaired) electrons. The first-order chi connectivity index (χ1) is 7.41. The minimum absolute atomic E-state index is 0.157. The second-order valence-corrected chi connectivity index (χ2v) is 5.73. The van der Waals surface area contributed by atoms with E-state index in [1.807, 2.05) is 0 Å². The number of hydrogen-bond acceptors (Lipinski definition) is 2. The molecule has 0 spiro atoms. The van der Waals surface area contributed by atoms with Crippen molar-refractivity contribution in [2.75, 3.05) is 12.9 Å². The monoisotopic (exact) mass is 265 g/mol. The number of hydrogen-bond donors (Lipinski definition) is 0. The predicted molar refractivity (Wildman–Crippen MR) is 61.5 cm³/mol. The SMILES string of the molecule is CC(CCl)N(C)S(=O)(=O)c1ccccc1F. The number of alkyl halides is 1. The zero-order chi connectivity index (χ0) is 12.3. The van der Waals surface area contributed by atoms with Gasteiger partial charge in [0.15, 0.2) is 0 Å². The Morgan fingerprint density at radius 1 is 1.44 bits per heavy atom. The molecule has 1 atom stereocenters. The summed E-state index contributed by atoms with van der Waals surface area (Å²) in [5.74, 6) is -0.597. The maximum Gasteiger partial charge on any atom is 0.246 e. The molecule has 0 heterocycles. The van der Waals surface area contributed by atoms with Crippen molar-refractivity contribution in [3.63, 3.8) is 0 Å². The van der Waals surface area contributed by atoms with E-state index in [1.165, 1.54) is 25.2 Å². The van der Waals surface area contributed by atoms with Crippen molar-refractivity contribution in [3.05, 3.63) is 30.1 Å². The van der Waals surface area contributed by atoms with Crippen LogP contribution in [0.25, 0.3) is 0 Å². The summed E-state index contributed by atoms with van der Waals surface area (Å²) >= 11 is 5.58. The van der Waals surface area contributed by atoms with Crippen LogP contribution in [-0.4, -0.2) is 31.7 Å². The number of halogens is 2. The Morgan fingerprint density at radius 3 is 2.50 bits per heavy atom. The van der Waals surface area contributed by atoms with Crippen LogP contribution in [0.4, 0.5) is 4.39 Å². The molecule has 1 aromatic carbocycles. The van der Waals surface area contributed by atoms with E-state index in [0.29, 0.717) is 0 Å². The van der Waals surface area contributed by atoms with Crippen LogP contribution in [0.3, 0.4) is 0 Å². The molecule has 0 N–H and O–H groups in total. The number of sulfonamides is 1.